The molecule has 5 nitrogen and oxygen atoms in total. The minimum Gasteiger partial charge on any atom is -0.238 e. The van der Waals surface area contributed by atoms with E-state index >= 15 is 0 Å². The van der Waals surface area contributed by atoms with Crippen LogP contribution < -0.4 is 9.13 Å². The third kappa shape index (κ3) is 3.28. The summed E-state index contributed by atoms with van der Waals surface area (Å²) in [5, 5.41) is 5.09. The van der Waals surface area contributed by atoms with Crippen molar-refractivity contribution >= 4 is 90.8 Å². The number of benzene rings is 5. The van der Waals surface area contributed by atoms with Crippen LogP contribution in [-0.2, 0) is 14.1 Å². The van der Waals surface area contributed by atoms with E-state index in [1.54, 1.807) is 0 Å². The smallest absolute Gasteiger partial charge is 0.238 e. The molecule has 9 aromatic rings. The number of aryl methyl sites for hydroxylation is 2. The van der Waals surface area contributed by atoms with Crippen molar-refractivity contribution in [3.05, 3.63) is 115 Å². The van der Waals surface area contributed by atoms with Crippen molar-refractivity contribution in [2.24, 2.45) is 14.1 Å². The van der Waals surface area contributed by atoms with E-state index in [-0.39, 0.29) is 0 Å². The van der Waals surface area contributed by atoms with Gasteiger partial charge in [-0.15, -0.1) is 22.7 Å². The van der Waals surface area contributed by atoms with Crippen LogP contribution in [0.5, 0.6) is 0 Å². The summed E-state index contributed by atoms with van der Waals surface area (Å²) >= 11 is 3.67. The Morgan fingerprint density at radius 3 is 1.52 bits per heavy atom. The van der Waals surface area contributed by atoms with Crippen LogP contribution in [0.2, 0.25) is 0 Å². The Balaban J connectivity index is 1.29. The number of nitrogens with zero attached hydrogens (tertiary/aromatic N) is 5. The molecule has 0 fully saturated rings. The molecule has 0 unspecified atom stereocenters. The summed E-state index contributed by atoms with van der Waals surface area (Å²) in [5.41, 5.74) is 7.11. The van der Waals surface area contributed by atoms with Crippen molar-refractivity contribution in [2.75, 3.05) is 0 Å². The molecule has 0 aliphatic heterocycles. The Hall–Kier alpha value is -5.03. The fourth-order valence-corrected chi connectivity index (χ4v) is 8.62. The average molecular weight is 578 g/mol. The maximum atomic E-state index is 7.95. The zero-order chi connectivity index (χ0) is 28.1. The van der Waals surface area contributed by atoms with Gasteiger partial charge in [-0.25, -0.2) is 14.0 Å². The molecule has 0 aliphatic carbocycles. The van der Waals surface area contributed by atoms with Crippen molar-refractivity contribution in [2.45, 2.75) is 0 Å². The molecule has 4 heterocycles. The summed E-state index contributed by atoms with van der Waals surface area (Å²) in [7, 11) is 4.18. The largest absolute Gasteiger partial charge is 0.249 e. The number of thiophene rings is 2. The topological polar surface area (TPSA) is 22.0 Å². The molecule has 0 aliphatic rings. The predicted octanol–water partition coefficient (Wildman–Crippen LogP) is 8.51. The van der Waals surface area contributed by atoms with Crippen molar-refractivity contribution in [3.63, 3.8) is 0 Å². The summed E-state index contributed by atoms with van der Waals surface area (Å²) in [6.07, 6.45) is 4.25. The summed E-state index contributed by atoms with van der Waals surface area (Å²) in [6.45, 7) is 7.95. The van der Waals surface area contributed by atoms with Gasteiger partial charge in [0, 0.05) is 58.5 Å². The maximum absolute atomic E-state index is 7.95. The van der Waals surface area contributed by atoms with Gasteiger partial charge in [0.2, 0.25) is 12.7 Å². The third-order valence-electron chi connectivity index (χ3n) is 8.38. The first-order valence-corrected chi connectivity index (χ1v) is 15.4. The highest BCUT2D eigenvalue weighted by atomic mass is 32.1. The van der Waals surface area contributed by atoms with Crippen LogP contribution in [-0.4, -0.2) is 9.13 Å². The van der Waals surface area contributed by atoms with Gasteiger partial charge in [0.25, 0.3) is 0 Å². The maximum Gasteiger partial charge on any atom is 0.249 e. The Morgan fingerprint density at radius 1 is 0.571 bits per heavy atom. The number of fused-ring (bicyclic) bond motifs is 8. The van der Waals surface area contributed by atoms with Gasteiger partial charge < -0.3 is 0 Å². The molecule has 5 aromatic carbocycles. The fraction of sp³-hybridized carbons (Fsp3) is 0.0571. The van der Waals surface area contributed by atoms with Gasteiger partial charge in [-0.3, -0.25) is 0 Å². The van der Waals surface area contributed by atoms with E-state index in [1.165, 1.54) is 40.3 Å². The van der Waals surface area contributed by atoms with E-state index in [9.17, 15) is 0 Å². The van der Waals surface area contributed by atoms with Gasteiger partial charge >= 0.3 is 0 Å². The van der Waals surface area contributed by atoms with Crippen LogP contribution in [0.15, 0.2) is 104 Å². The number of rotatable bonds is 2. The van der Waals surface area contributed by atoms with E-state index in [4.69, 9.17) is 6.57 Å². The van der Waals surface area contributed by atoms with E-state index in [0.29, 0.717) is 5.69 Å². The van der Waals surface area contributed by atoms with E-state index < -0.39 is 0 Å². The number of hydrogen-bond acceptors (Lipinski definition) is 2. The zero-order valence-corrected chi connectivity index (χ0v) is 24.5. The second kappa shape index (κ2) is 8.49. The van der Waals surface area contributed by atoms with Crippen LogP contribution in [0.3, 0.4) is 0 Å². The van der Waals surface area contributed by atoms with Crippen LogP contribution in [0.4, 0.5) is 5.69 Å². The molecule has 9 rings (SSSR count). The molecule has 0 radical (unpaired) electrons. The molecular weight excluding hydrogens is 555 g/mol. The monoisotopic (exact) mass is 577 g/mol. The Morgan fingerprint density at radius 2 is 1.05 bits per heavy atom. The molecule has 42 heavy (non-hydrogen) atoms. The van der Waals surface area contributed by atoms with Gasteiger partial charge in [0.15, 0.2) is 27.8 Å². The van der Waals surface area contributed by atoms with Gasteiger partial charge in [-0.2, -0.15) is 9.13 Å². The van der Waals surface area contributed by atoms with Crippen molar-refractivity contribution in [3.8, 4) is 11.4 Å². The molecule has 0 saturated heterocycles. The molecular formula is C35H23N5S2+2. The molecule has 0 bridgehead atoms. The van der Waals surface area contributed by atoms with Crippen LogP contribution in [0.1, 0.15) is 0 Å². The van der Waals surface area contributed by atoms with Crippen LogP contribution in [0.25, 0.3) is 78.6 Å². The first-order valence-electron chi connectivity index (χ1n) is 13.7. The summed E-state index contributed by atoms with van der Waals surface area (Å²) in [4.78, 5) is 3.89. The van der Waals surface area contributed by atoms with Crippen molar-refractivity contribution in [1.29, 1.82) is 0 Å². The van der Waals surface area contributed by atoms with Crippen molar-refractivity contribution < 1.29 is 9.13 Å². The lowest BCUT2D eigenvalue weighted by atomic mass is 10.1. The van der Waals surface area contributed by atoms with Gasteiger partial charge in [-0.05, 0) is 36.4 Å². The van der Waals surface area contributed by atoms with Crippen LogP contribution >= 0.6 is 22.7 Å². The number of aromatic nitrogens is 4. The SMILES string of the molecule is [C-]#[N+]c1cc(-n2c[n+](C)c3cc4sc5ccccc5c4cc32)cc(-n2c[n+](C)c3cc4sc5ccccc5c4cc32)c1. The highest BCUT2D eigenvalue weighted by molar-refractivity contribution is 7.26. The summed E-state index contributed by atoms with van der Waals surface area (Å²) < 4.78 is 13.9. The quantitative estimate of drug-likeness (QED) is 0.145. The predicted molar refractivity (Wildman–Crippen MR) is 174 cm³/mol. The second-order valence-corrected chi connectivity index (χ2v) is 13.1. The lowest BCUT2D eigenvalue weighted by Crippen LogP contribution is -2.25. The Labute approximate surface area is 248 Å². The number of imidazole rings is 2. The fourth-order valence-electron chi connectivity index (χ4n) is 6.38. The Kier molecular flexibility index (Phi) is 4.78. The highest BCUT2D eigenvalue weighted by Gasteiger charge is 2.23. The number of hydrogen-bond donors (Lipinski definition) is 0. The Bertz CT molecular complexity index is 2450. The first kappa shape index (κ1) is 23.7. The molecule has 4 aromatic heterocycles. The molecule has 0 amide bonds. The van der Waals surface area contributed by atoms with E-state index in [2.05, 4.69) is 129 Å². The average Bonchev–Trinajstić information content (AvgIpc) is 3.75. The summed E-state index contributed by atoms with van der Waals surface area (Å²) in [6, 6.07) is 32.6. The van der Waals surface area contributed by atoms with Crippen LogP contribution in [0, 0.1) is 6.57 Å². The minimum absolute atomic E-state index is 0.612. The third-order valence-corrected chi connectivity index (χ3v) is 10.6. The highest BCUT2D eigenvalue weighted by Crippen LogP contribution is 2.38. The molecule has 0 saturated carbocycles. The minimum atomic E-state index is 0.612. The molecule has 7 heteroatoms. The zero-order valence-electron chi connectivity index (χ0n) is 22.9. The molecule has 198 valence electrons. The first-order chi connectivity index (χ1) is 20.6. The van der Waals surface area contributed by atoms with E-state index in [0.717, 1.165) is 33.4 Å². The standard InChI is InChI=1S/C35H23N5S2/c1-36-21-12-22(39-19-37(2)28-17-34-26(15-30(28)39)24-8-4-6-10-32(24)41-34)14-23(13-21)40-20-38(3)29-18-35-27(16-31(29)40)25-9-5-7-11-33(25)42-35/h4-20H,2-3H3/q+2. The lowest BCUT2D eigenvalue weighted by molar-refractivity contribution is -0.645. The lowest BCUT2D eigenvalue weighted by Gasteiger charge is -2.04. The second-order valence-electron chi connectivity index (χ2n) is 10.9. The molecule has 0 spiro atoms. The van der Waals surface area contributed by atoms with Crippen molar-refractivity contribution in [1.82, 2.24) is 9.13 Å². The normalized spacial score (nSPS) is 12.0. The molecule has 0 N–H and O–H groups in total. The summed E-state index contributed by atoms with van der Waals surface area (Å²) in [5.74, 6) is 0. The van der Waals surface area contributed by atoms with Gasteiger partial charge in [0.05, 0.1) is 20.7 Å². The molecule has 0 atom stereocenters. The van der Waals surface area contributed by atoms with Gasteiger partial charge in [0.1, 0.15) is 11.4 Å². The van der Waals surface area contributed by atoms with E-state index in [1.807, 2.05) is 34.8 Å². The van der Waals surface area contributed by atoms with Gasteiger partial charge in [-0.1, -0.05) is 36.4 Å².